The van der Waals surface area contributed by atoms with Crippen LogP contribution in [0.1, 0.15) is 37.4 Å². The molecule has 3 aromatic carbocycles. The van der Waals surface area contributed by atoms with Gasteiger partial charge in [0.1, 0.15) is 0 Å². The maximum atomic E-state index is 12.6. The molecule has 0 saturated carbocycles. The second kappa shape index (κ2) is 6.61. The Morgan fingerprint density at radius 2 is 1.67 bits per heavy atom. The molecule has 0 radical (unpaired) electrons. The molecule has 1 amide bonds. The second-order valence-electron chi connectivity index (χ2n) is 6.52. The first kappa shape index (κ1) is 16.8. The predicted octanol–water partition coefficient (Wildman–Crippen LogP) is 3.48. The monoisotopic (exact) mass is 359 g/mol. The Bertz CT molecular complexity index is 1040. The largest absolute Gasteiger partial charge is 0.504 e. The van der Waals surface area contributed by atoms with E-state index in [1.54, 1.807) is 35.2 Å². The van der Waals surface area contributed by atoms with Crippen LogP contribution >= 0.6 is 0 Å². The Morgan fingerprint density at radius 3 is 2.44 bits per heavy atom. The van der Waals surface area contributed by atoms with Crippen molar-refractivity contribution in [2.24, 2.45) is 0 Å². The molecule has 0 spiro atoms. The minimum absolute atomic E-state index is 0.0731. The SMILES string of the molecule is O=C(c1ccccc1)c1cccc(CN2Cc3c(ccc(O)c3O)C2=O)c1. The van der Waals surface area contributed by atoms with Crippen LogP contribution in [0.5, 0.6) is 11.5 Å². The van der Waals surface area contributed by atoms with E-state index in [0.29, 0.717) is 28.8 Å². The number of carbonyl (C=O) groups excluding carboxylic acids is 2. The minimum atomic E-state index is -0.253. The summed E-state index contributed by atoms with van der Waals surface area (Å²) in [5.74, 6) is -0.772. The third-order valence-corrected chi connectivity index (χ3v) is 4.73. The van der Waals surface area contributed by atoms with Crippen molar-refractivity contribution in [1.82, 2.24) is 4.90 Å². The van der Waals surface area contributed by atoms with Crippen LogP contribution in [-0.4, -0.2) is 26.8 Å². The maximum absolute atomic E-state index is 12.6. The van der Waals surface area contributed by atoms with Crippen molar-refractivity contribution in [1.29, 1.82) is 0 Å². The van der Waals surface area contributed by atoms with Crippen molar-refractivity contribution in [3.63, 3.8) is 0 Å². The summed E-state index contributed by atoms with van der Waals surface area (Å²) in [7, 11) is 0. The van der Waals surface area contributed by atoms with Gasteiger partial charge in [-0.15, -0.1) is 0 Å². The number of phenols is 2. The van der Waals surface area contributed by atoms with E-state index in [9.17, 15) is 19.8 Å². The first-order valence-electron chi connectivity index (χ1n) is 8.56. The average Bonchev–Trinajstić information content (AvgIpc) is 3.01. The smallest absolute Gasteiger partial charge is 0.254 e. The molecular weight excluding hydrogens is 342 g/mol. The molecule has 1 heterocycles. The fourth-order valence-corrected chi connectivity index (χ4v) is 3.33. The number of ketones is 1. The predicted molar refractivity (Wildman–Crippen MR) is 99.7 cm³/mol. The van der Waals surface area contributed by atoms with Crippen molar-refractivity contribution in [3.05, 3.63) is 94.5 Å². The van der Waals surface area contributed by atoms with E-state index >= 15 is 0 Å². The molecule has 5 nitrogen and oxygen atoms in total. The van der Waals surface area contributed by atoms with Crippen LogP contribution in [-0.2, 0) is 13.1 Å². The number of phenolic OH excluding ortho intramolecular Hbond substituents is 2. The highest BCUT2D eigenvalue weighted by Crippen LogP contribution is 2.37. The summed E-state index contributed by atoms with van der Waals surface area (Å²) in [5.41, 5.74) is 2.81. The summed E-state index contributed by atoms with van der Waals surface area (Å²) in [5, 5.41) is 19.6. The third-order valence-electron chi connectivity index (χ3n) is 4.73. The van der Waals surface area contributed by atoms with Gasteiger partial charge in [-0.2, -0.15) is 0 Å². The molecule has 0 aliphatic carbocycles. The summed E-state index contributed by atoms with van der Waals surface area (Å²) in [6.07, 6.45) is 0. The Hall–Kier alpha value is -3.60. The van der Waals surface area contributed by atoms with Gasteiger partial charge >= 0.3 is 0 Å². The fourth-order valence-electron chi connectivity index (χ4n) is 3.33. The van der Waals surface area contributed by atoms with Gasteiger partial charge in [0.15, 0.2) is 17.3 Å². The quantitative estimate of drug-likeness (QED) is 0.552. The number of hydrogen-bond donors (Lipinski definition) is 2. The zero-order chi connectivity index (χ0) is 19.0. The van der Waals surface area contributed by atoms with E-state index in [2.05, 4.69) is 0 Å². The molecule has 5 heteroatoms. The number of carbonyl (C=O) groups is 2. The van der Waals surface area contributed by atoms with Crippen LogP contribution in [0, 0.1) is 0 Å². The molecule has 27 heavy (non-hydrogen) atoms. The lowest BCUT2D eigenvalue weighted by molar-refractivity contribution is 0.0766. The summed E-state index contributed by atoms with van der Waals surface area (Å²) < 4.78 is 0. The van der Waals surface area contributed by atoms with E-state index in [4.69, 9.17) is 0 Å². The molecule has 2 N–H and O–H groups in total. The van der Waals surface area contributed by atoms with Gasteiger partial charge in [-0.25, -0.2) is 0 Å². The van der Waals surface area contributed by atoms with Crippen molar-refractivity contribution < 1.29 is 19.8 Å². The van der Waals surface area contributed by atoms with Crippen molar-refractivity contribution in [3.8, 4) is 11.5 Å². The molecule has 0 aromatic heterocycles. The summed E-state index contributed by atoms with van der Waals surface area (Å²) in [6.45, 7) is 0.523. The summed E-state index contributed by atoms with van der Waals surface area (Å²) >= 11 is 0. The number of rotatable bonds is 4. The standard InChI is InChI=1S/C22H17NO4/c24-19-10-9-17-18(21(19)26)13-23(22(17)27)12-14-5-4-8-16(11-14)20(25)15-6-2-1-3-7-15/h1-11,24,26H,12-13H2. The molecular formula is C22H17NO4. The van der Waals surface area contributed by atoms with Gasteiger partial charge in [0, 0.05) is 28.8 Å². The minimum Gasteiger partial charge on any atom is -0.504 e. The van der Waals surface area contributed by atoms with Gasteiger partial charge in [-0.05, 0) is 23.8 Å². The van der Waals surface area contributed by atoms with E-state index < -0.39 is 0 Å². The van der Waals surface area contributed by atoms with Gasteiger partial charge in [0.25, 0.3) is 5.91 Å². The van der Waals surface area contributed by atoms with Crippen LogP contribution in [0.3, 0.4) is 0 Å². The Kier molecular flexibility index (Phi) is 4.12. The molecule has 1 aliphatic heterocycles. The van der Waals surface area contributed by atoms with Crippen molar-refractivity contribution in [2.75, 3.05) is 0 Å². The zero-order valence-electron chi connectivity index (χ0n) is 14.4. The molecule has 0 fully saturated rings. The first-order valence-corrected chi connectivity index (χ1v) is 8.56. The van der Waals surface area contributed by atoms with Gasteiger partial charge in [-0.1, -0.05) is 48.5 Å². The van der Waals surface area contributed by atoms with E-state index in [0.717, 1.165) is 5.56 Å². The zero-order valence-corrected chi connectivity index (χ0v) is 14.4. The summed E-state index contributed by atoms with van der Waals surface area (Å²) in [4.78, 5) is 26.8. The normalized spacial score (nSPS) is 12.9. The van der Waals surface area contributed by atoms with Crippen LogP contribution in [0.25, 0.3) is 0 Å². The number of amides is 1. The average molecular weight is 359 g/mol. The van der Waals surface area contributed by atoms with Crippen molar-refractivity contribution in [2.45, 2.75) is 13.1 Å². The van der Waals surface area contributed by atoms with Gasteiger partial charge in [-0.3, -0.25) is 9.59 Å². The first-order chi connectivity index (χ1) is 13.0. The van der Waals surface area contributed by atoms with E-state index in [-0.39, 0.29) is 29.7 Å². The summed E-state index contributed by atoms with van der Waals surface area (Å²) in [6, 6.07) is 19.0. The third kappa shape index (κ3) is 3.04. The van der Waals surface area contributed by atoms with Gasteiger partial charge in [0.2, 0.25) is 0 Å². The van der Waals surface area contributed by atoms with Crippen LogP contribution < -0.4 is 0 Å². The molecule has 0 bridgehead atoms. The van der Waals surface area contributed by atoms with Crippen LogP contribution in [0.2, 0.25) is 0 Å². The van der Waals surface area contributed by atoms with Crippen molar-refractivity contribution >= 4 is 11.7 Å². The molecule has 0 atom stereocenters. The van der Waals surface area contributed by atoms with Crippen LogP contribution in [0.15, 0.2) is 66.7 Å². The molecule has 4 rings (SSSR count). The number of benzene rings is 3. The Balaban J connectivity index is 1.57. The number of nitrogens with zero attached hydrogens (tertiary/aromatic N) is 1. The highest BCUT2D eigenvalue weighted by Gasteiger charge is 2.30. The number of aromatic hydroxyl groups is 2. The maximum Gasteiger partial charge on any atom is 0.254 e. The number of hydrogen-bond acceptors (Lipinski definition) is 4. The lowest BCUT2D eigenvalue weighted by Gasteiger charge is -2.16. The van der Waals surface area contributed by atoms with E-state index in [1.807, 2.05) is 24.3 Å². The highest BCUT2D eigenvalue weighted by molar-refractivity contribution is 6.09. The molecule has 1 aliphatic rings. The Labute approximate surface area is 156 Å². The topological polar surface area (TPSA) is 77.8 Å². The lowest BCUT2D eigenvalue weighted by atomic mass is 10.0. The van der Waals surface area contributed by atoms with Gasteiger partial charge in [0.05, 0.1) is 6.54 Å². The molecule has 0 saturated heterocycles. The lowest BCUT2D eigenvalue weighted by Crippen LogP contribution is -2.23. The van der Waals surface area contributed by atoms with Crippen LogP contribution in [0.4, 0.5) is 0 Å². The van der Waals surface area contributed by atoms with Gasteiger partial charge < -0.3 is 15.1 Å². The highest BCUT2D eigenvalue weighted by atomic mass is 16.3. The molecule has 134 valence electrons. The fraction of sp³-hybridized carbons (Fsp3) is 0.0909. The molecule has 0 unspecified atom stereocenters. The van der Waals surface area contributed by atoms with E-state index in [1.165, 1.54) is 12.1 Å². The molecule has 3 aromatic rings. The Morgan fingerprint density at radius 1 is 0.926 bits per heavy atom. The number of fused-ring (bicyclic) bond motifs is 1. The second-order valence-corrected chi connectivity index (χ2v) is 6.52.